The molecule has 0 aliphatic carbocycles. The monoisotopic (exact) mass is 615 g/mol. The fourth-order valence-corrected chi connectivity index (χ4v) is 6.20. The van der Waals surface area contributed by atoms with Gasteiger partial charge in [0, 0.05) is 68.3 Å². The zero-order chi connectivity index (χ0) is 31.4. The van der Waals surface area contributed by atoms with E-state index in [4.69, 9.17) is 14.7 Å². The van der Waals surface area contributed by atoms with Gasteiger partial charge in [0.15, 0.2) is 0 Å². The second-order valence-corrected chi connectivity index (χ2v) is 12.6. The van der Waals surface area contributed by atoms with Crippen LogP contribution in [0.4, 0.5) is 34.5 Å². The number of aromatic nitrogens is 4. The van der Waals surface area contributed by atoms with Gasteiger partial charge in [-0.3, -0.25) is 9.97 Å². The highest BCUT2D eigenvalue weighted by molar-refractivity contribution is 7.99. The van der Waals surface area contributed by atoms with Crippen LogP contribution in [0.5, 0.6) is 5.75 Å². The zero-order valence-electron chi connectivity index (χ0n) is 27.2. The molecule has 0 atom stereocenters. The molecule has 2 N–H and O–H groups in total. The first kappa shape index (κ1) is 31.6. The van der Waals surface area contributed by atoms with Gasteiger partial charge in [0.1, 0.15) is 17.1 Å². The Morgan fingerprint density at radius 2 is 1.77 bits per heavy atom. The summed E-state index contributed by atoms with van der Waals surface area (Å²) in [6.07, 6.45) is 10.6. The van der Waals surface area contributed by atoms with Crippen molar-refractivity contribution in [3.8, 4) is 5.75 Å². The molecule has 10 nitrogen and oxygen atoms in total. The maximum atomic E-state index is 5.90. The first-order valence-electron chi connectivity index (χ1n) is 15.3. The van der Waals surface area contributed by atoms with E-state index in [-0.39, 0.29) is 5.92 Å². The number of hydrogen-bond acceptors (Lipinski definition) is 11. The predicted molar refractivity (Wildman–Crippen MR) is 185 cm³/mol. The van der Waals surface area contributed by atoms with Crippen molar-refractivity contribution < 1.29 is 4.74 Å². The van der Waals surface area contributed by atoms with Crippen molar-refractivity contribution in [3.63, 3.8) is 0 Å². The van der Waals surface area contributed by atoms with Crippen molar-refractivity contribution in [1.82, 2.24) is 24.8 Å². The number of benzene rings is 2. The SMILES string of the molecule is CCc1cc(Nc2ncc(C(C)C)c(Nc3ccc4nccnc4c3N(C)SC)n2)c(OC)cc1N1CCC(N(C)C)CC1. The summed E-state index contributed by atoms with van der Waals surface area (Å²) < 4.78 is 8.00. The van der Waals surface area contributed by atoms with E-state index in [9.17, 15) is 0 Å². The third kappa shape index (κ3) is 6.63. The number of methoxy groups -OCH3 is 1. The number of fused-ring (bicyclic) bond motifs is 1. The van der Waals surface area contributed by atoms with Gasteiger partial charge in [0.2, 0.25) is 5.95 Å². The standard InChI is InChI=1S/C33H45N9OS/c1-9-22-18-27(29(43-7)19-28(22)42-16-12-23(13-17-42)40(4)5)38-33-36-20-24(21(2)3)32(39-33)37-26-11-10-25-30(35-15-14-34-25)31(26)41(6)44-8/h10-11,14-15,18-21,23H,9,12-13,16-17H2,1-8H3,(H2,36,37,38,39). The topological polar surface area (TPSA) is 94.6 Å². The third-order valence-corrected chi connectivity index (χ3v) is 9.19. The predicted octanol–water partition coefficient (Wildman–Crippen LogP) is 6.85. The summed E-state index contributed by atoms with van der Waals surface area (Å²) in [4.78, 5) is 23.7. The lowest BCUT2D eigenvalue weighted by molar-refractivity contribution is 0.249. The Hall–Kier alpha value is -3.83. The lowest BCUT2D eigenvalue weighted by Gasteiger charge is -2.37. The van der Waals surface area contributed by atoms with Crippen molar-refractivity contribution >= 4 is 57.5 Å². The molecule has 0 radical (unpaired) electrons. The third-order valence-electron chi connectivity index (χ3n) is 8.46. The Morgan fingerprint density at radius 3 is 2.43 bits per heavy atom. The van der Waals surface area contributed by atoms with Crippen LogP contribution in [0.25, 0.3) is 11.0 Å². The maximum Gasteiger partial charge on any atom is 0.229 e. The zero-order valence-corrected chi connectivity index (χ0v) is 28.0. The Labute approximate surface area is 265 Å². The van der Waals surface area contributed by atoms with Gasteiger partial charge in [-0.15, -0.1) is 0 Å². The molecule has 0 spiro atoms. The van der Waals surface area contributed by atoms with Crippen LogP contribution in [-0.4, -0.2) is 78.5 Å². The van der Waals surface area contributed by atoms with Gasteiger partial charge in [-0.2, -0.15) is 4.98 Å². The number of ether oxygens (including phenoxy) is 1. The lowest BCUT2D eigenvalue weighted by Crippen LogP contribution is -2.42. The molecule has 1 saturated heterocycles. The molecule has 1 aliphatic heterocycles. The highest BCUT2D eigenvalue weighted by Crippen LogP contribution is 2.39. The summed E-state index contributed by atoms with van der Waals surface area (Å²) in [6, 6.07) is 9.01. The van der Waals surface area contributed by atoms with E-state index < -0.39 is 0 Å². The van der Waals surface area contributed by atoms with Gasteiger partial charge in [-0.1, -0.05) is 32.7 Å². The molecule has 4 aromatic rings. The summed E-state index contributed by atoms with van der Waals surface area (Å²) in [7, 11) is 8.10. The smallest absolute Gasteiger partial charge is 0.229 e. The minimum absolute atomic E-state index is 0.214. The molecule has 0 amide bonds. The van der Waals surface area contributed by atoms with Gasteiger partial charge >= 0.3 is 0 Å². The van der Waals surface area contributed by atoms with Crippen LogP contribution >= 0.6 is 11.9 Å². The van der Waals surface area contributed by atoms with E-state index in [1.807, 2.05) is 31.6 Å². The van der Waals surface area contributed by atoms with Gasteiger partial charge < -0.3 is 29.5 Å². The number of hydrogen-bond donors (Lipinski definition) is 2. The normalized spacial score (nSPS) is 14.0. The maximum absolute atomic E-state index is 5.90. The Kier molecular flexibility index (Phi) is 9.95. The van der Waals surface area contributed by atoms with Crippen molar-refractivity contribution in [2.75, 3.05) is 67.4 Å². The first-order chi connectivity index (χ1) is 21.2. The number of nitrogens with one attached hydrogen (secondary N) is 2. The lowest BCUT2D eigenvalue weighted by atomic mass is 10.0. The van der Waals surface area contributed by atoms with Crippen LogP contribution in [0, 0.1) is 0 Å². The van der Waals surface area contributed by atoms with E-state index in [1.165, 1.54) is 11.3 Å². The Morgan fingerprint density at radius 1 is 1.02 bits per heavy atom. The average Bonchev–Trinajstić information content (AvgIpc) is 3.04. The largest absolute Gasteiger partial charge is 0.494 e. The van der Waals surface area contributed by atoms with E-state index in [2.05, 4.69) is 81.7 Å². The Balaban J connectivity index is 1.48. The van der Waals surface area contributed by atoms with E-state index in [0.29, 0.717) is 12.0 Å². The molecular formula is C33H45N9OS. The Bertz CT molecular complexity index is 1590. The average molecular weight is 616 g/mol. The van der Waals surface area contributed by atoms with Crippen molar-refractivity contribution in [3.05, 3.63) is 54.0 Å². The molecule has 11 heteroatoms. The van der Waals surface area contributed by atoms with Crippen molar-refractivity contribution in [1.29, 1.82) is 0 Å². The summed E-state index contributed by atoms with van der Waals surface area (Å²) in [5.74, 6) is 2.23. The highest BCUT2D eigenvalue weighted by Gasteiger charge is 2.24. The van der Waals surface area contributed by atoms with Gasteiger partial charge in [-0.25, -0.2) is 4.98 Å². The first-order valence-corrected chi connectivity index (χ1v) is 16.5. The van der Waals surface area contributed by atoms with Gasteiger partial charge in [0.25, 0.3) is 0 Å². The fraction of sp³-hybridized carbons (Fsp3) is 0.455. The molecule has 3 heterocycles. The van der Waals surface area contributed by atoms with Crippen molar-refractivity contribution in [2.24, 2.45) is 0 Å². The van der Waals surface area contributed by atoms with Gasteiger partial charge in [-0.05, 0) is 63.0 Å². The van der Waals surface area contributed by atoms with Crippen molar-refractivity contribution in [2.45, 2.75) is 52.0 Å². The molecule has 234 valence electrons. The molecule has 1 aliphatic rings. The van der Waals surface area contributed by atoms with E-state index in [0.717, 1.165) is 77.6 Å². The highest BCUT2D eigenvalue weighted by atomic mass is 32.2. The van der Waals surface area contributed by atoms with Crippen LogP contribution in [-0.2, 0) is 6.42 Å². The fourth-order valence-electron chi connectivity index (χ4n) is 5.84. The number of piperidine rings is 1. The van der Waals surface area contributed by atoms with Crippen LogP contribution in [0.1, 0.15) is 50.7 Å². The summed E-state index contributed by atoms with van der Waals surface area (Å²) in [5, 5.41) is 7.09. The van der Waals surface area contributed by atoms with Crippen LogP contribution < -0.4 is 24.6 Å². The molecule has 0 unspecified atom stereocenters. The number of nitrogens with zero attached hydrogens (tertiary/aromatic N) is 7. The molecule has 2 aromatic heterocycles. The second kappa shape index (κ2) is 13.9. The number of aryl methyl sites for hydroxylation is 1. The van der Waals surface area contributed by atoms with Crippen LogP contribution in [0.2, 0.25) is 0 Å². The minimum atomic E-state index is 0.214. The molecule has 44 heavy (non-hydrogen) atoms. The summed E-state index contributed by atoms with van der Waals surface area (Å²) in [6.45, 7) is 8.57. The molecule has 2 aromatic carbocycles. The van der Waals surface area contributed by atoms with Gasteiger partial charge in [0.05, 0.1) is 29.7 Å². The summed E-state index contributed by atoms with van der Waals surface area (Å²) in [5.41, 5.74) is 7.91. The molecule has 0 saturated carbocycles. The summed E-state index contributed by atoms with van der Waals surface area (Å²) >= 11 is 1.61. The molecule has 5 rings (SSSR count). The second-order valence-electron chi connectivity index (χ2n) is 11.7. The molecule has 0 bridgehead atoms. The van der Waals surface area contributed by atoms with E-state index >= 15 is 0 Å². The molecular weight excluding hydrogens is 570 g/mol. The minimum Gasteiger partial charge on any atom is -0.494 e. The van der Waals surface area contributed by atoms with Crippen LogP contribution in [0.3, 0.4) is 0 Å². The van der Waals surface area contributed by atoms with Crippen LogP contribution in [0.15, 0.2) is 42.9 Å². The quantitative estimate of drug-likeness (QED) is 0.174. The number of anilines is 6. The van der Waals surface area contributed by atoms with E-state index in [1.54, 1.807) is 31.5 Å². The number of rotatable bonds is 11. The molecule has 1 fully saturated rings.